The van der Waals surface area contributed by atoms with E-state index < -0.39 is 5.97 Å². The van der Waals surface area contributed by atoms with E-state index in [1.54, 1.807) is 43.3 Å². The van der Waals surface area contributed by atoms with Gasteiger partial charge in [0.25, 0.3) is 5.91 Å². The fraction of sp³-hybridized carbons (Fsp3) is 0.0500. The van der Waals surface area contributed by atoms with Gasteiger partial charge in [0.05, 0.1) is 5.56 Å². The van der Waals surface area contributed by atoms with Gasteiger partial charge in [0.1, 0.15) is 0 Å². The normalized spacial score (nSPS) is 10.4. The molecule has 136 valence electrons. The predicted molar refractivity (Wildman–Crippen MR) is 111 cm³/mol. The highest BCUT2D eigenvalue weighted by Gasteiger charge is 2.14. The Morgan fingerprint density at radius 3 is 2.33 bits per heavy atom. The molecule has 0 spiro atoms. The maximum atomic E-state index is 12.7. The zero-order valence-corrected chi connectivity index (χ0v) is 15.8. The van der Waals surface area contributed by atoms with Crippen molar-refractivity contribution in [1.82, 2.24) is 5.32 Å². The van der Waals surface area contributed by atoms with Crippen LogP contribution in [0.5, 0.6) is 0 Å². The molecule has 0 aliphatic rings. The summed E-state index contributed by atoms with van der Waals surface area (Å²) in [6.45, 7) is 1.67. The van der Waals surface area contributed by atoms with Crippen molar-refractivity contribution in [2.75, 3.05) is 5.32 Å². The lowest BCUT2D eigenvalue weighted by molar-refractivity contribution is 0.0696. The minimum atomic E-state index is -1.03. The van der Waals surface area contributed by atoms with E-state index in [1.807, 2.05) is 12.1 Å². The van der Waals surface area contributed by atoms with Crippen LogP contribution in [0.15, 0.2) is 54.6 Å². The molecule has 0 unspecified atom stereocenters. The van der Waals surface area contributed by atoms with Crippen molar-refractivity contribution in [3.63, 3.8) is 0 Å². The molecule has 5 nitrogen and oxygen atoms in total. The van der Waals surface area contributed by atoms with Crippen LogP contribution in [0, 0.1) is 6.92 Å². The van der Waals surface area contributed by atoms with Gasteiger partial charge in [-0.1, -0.05) is 41.9 Å². The maximum Gasteiger partial charge on any atom is 0.336 e. The first-order valence-electron chi connectivity index (χ1n) is 8.01. The predicted octanol–water partition coefficient (Wildman–Crippen LogP) is 4.63. The molecular formula is C20H15ClN2O3S. The van der Waals surface area contributed by atoms with Gasteiger partial charge in [0.2, 0.25) is 0 Å². The Labute approximate surface area is 166 Å². The van der Waals surface area contributed by atoms with Gasteiger partial charge in [0.15, 0.2) is 5.11 Å². The van der Waals surface area contributed by atoms with Crippen LogP contribution in [0.25, 0.3) is 10.8 Å². The average molecular weight is 399 g/mol. The molecule has 0 atom stereocenters. The number of carbonyl (C=O) groups is 2. The van der Waals surface area contributed by atoms with E-state index in [9.17, 15) is 14.7 Å². The number of fused-ring (bicyclic) bond motifs is 1. The van der Waals surface area contributed by atoms with E-state index in [1.165, 1.54) is 6.07 Å². The quantitative estimate of drug-likeness (QED) is 0.561. The Bertz CT molecular complexity index is 1080. The zero-order chi connectivity index (χ0) is 19.6. The minimum Gasteiger partial charge on any atom is -0.478 e. The van der Waals surface area contributed by atoms with Gasteiger partial charge in [-0.2, -0.15) is 0 Å². The lowest BCUT2D eigenvalue weighted by Gasteiger charge is -2.14. The van der Waals surface area contributed by atoms with Crippen LogP contribution in [0.4, 0.5) is 5.69 Å². The first kappa shape index (κ1) is 18.8. The Balaban J connectivity index is 1.82. The first-order valence-corrected chi connectivity index (χ1v) is 8.79. The monoisotopic (exact) mass is 398 g/mol. The van der Waals surface area contributed by atoms with Crippen molar-refractivity contribution < 1.29 is 14.7 Å². The highest BCUT2D eigenvalue weighted by Crippen LogP contribution is 2.26. The summed E-state index contributed by atoms with van der Waals surface area (Å²) in [6.07, 6.45) is 0. The van der Waals surface area contributed by atoms with Crippen molar-refractivity contribution in [2.45, 2.75) is 6.92 Å². The van der Waals surface area contributed by atoms with Gasteiger partial charge in [-0.05, 0) is 54.4 Å². The number of benzene rings is 3. The summed E-state index contributed by atoms with van der Waals surface area (Å²) in [7, 11) is 0. The number of nitrogens with one attached hydrogen (secondary N) is 2. The highest BCUT2D eigenvalue weighted by molar-refractivity contribution is 7.80. The topological polar surface area (TPSA) is 78.4 Å². The second kappa shape index (κ2) is 7.73. The van der Waals surface area contributed by atoms with Crippen molar-refractivity contribution in [1.29, 1.82) is 0 Å². The molecule has 0 saturated heterocycles. The number of anilines is 1. The van der Waals surface area contributed by atoms with Crippen molar-refractivity contribution in [3.05, 3.63) is 76.3 Å². The second-order valence-corrected chi connectivity index (χ2v) is 6.65. The van der Waals surface area contributed by atoms with E-state index >= 15 is 0 Å². The number of hydrogen-bond acceptors (Lipinski definition) is 3. The molecule has 0 fully saturated rings. The molecule has 7 heteroatoms. The molecule has 0 aromatic heterocycles. The van der Waals surface area contributed by atoms with Crippen molar-refractivity contribution in [2.24, 2.45) is 0 Å². The third-order valence-electron chi connectivity index (χ3n) is 4.15. The number of rotatable bonds is 3. The summed E-state index contributed by atoms with van der Waals surface area (Å²) in [5.41, 5.74) is 1.65. The highest BCUT2D eigenvalue weighted by atomic mass is 35.5. The molecule has 0 bridgehead atoms. The zero-order valence-electron chi connectivity index (χ0n) is 14.2. The molecule has 27 heavy (non-hydrogen) atoms. The molecule has 3 aromatic carbocycles. The van der Waals surface area contributed by atoms with Gasteiger partial charge >= 0.3 is 5.97 Å². The molecule has 0 aliphatic carbocycles. The van der Waals surface area contributed by atoms with Crippen LogP contribution < -0.4 is 10.6 Å². The summed E-state index contributed by atoms with van der Waals surface area (Å²) in [4.78, 5) is 23.9. The maximum absolute atomic E-state index is 12.7. The minimum absolute atomic E-state index is 0.0738. The lowest BCUT2D eigenvalue weighted by atomic mass is 10.0. The summed E-state index contributed by atoms with van der Waals surface area (Å²) in [6, 6.07) is 15.4. The lowest BCUT2D eigenvalue weighted by Crippen LogP contribution is -2.34. The van der Waals surface area contributed by atoms with Gasteiger partial charge in [-0.25, -0.2) is 4.79 Å². The Morgan fingerprint density at radius 2 is 1.59 bits per heavy atom. The number of carboxylic acid groups (broad SMARTS) is 1. The molecule has 0 saturated carbocycles. The number of amides is 1. The van der Waals surface area contributed by atoms with Crippen LogP contribution in [-0.2, 0) is 0 Å². The van der Waals surface area contributed by atoms with Crippen LogP contribution >= 0.6 is 23.8 Å². The summed E-state index contributed by atoms with van der Waals surface area (Å²) in [5, 5.41) is 16.8. The van der Waals surface area contributed by atoms with Crippen LogP contribution in [0.3, 0.4) is 0 Å². The number of halogens is 1. The fourth-order valence-corrected chi connectivity index (χ4v) is 3.24. The molecule has 0 aliphatic heterocycles. The summed E-state index contributed by atoms with van der Waals surface area (Å²) < 4.78 is 0. The largest absolute Gasteiger partial charge is 0.478 e. The van der Waals surface area contributed by atoms with Gasteiger partial charge in [0, 0.05) is 21.7 Å². The number of aromatic carboxylic acids is 1. The van der Waals surface area contributed by atoms with E-state index in [4.69, 9.17) is 23.8 Å². The number of thiocarbonyl (C=S) groups is 1. The van der Waals surface area contributed by atoms with E-state index in [0.29, 0.717) is 27.2 Å². The Hall–Kier alpha value is -2.96. The molecule has 3 aromatic rings. The van der Waals surface area contributed by atoms with Gasteiger partial charge in [-0.15, -0.1) is 0 Å². The summed E-state index contributed by atoms with van der Waals surface area (Å²) >= 11 is 11.4. The Kier molecular flexibility index (Phi) is 5.39. The third kappa shape index (κ3) is 3.92. The number of carboxylic acids is 1. The number of carbonyl (C=O) groups excluding carboxylic acids is 1. The Morgan fingerprint density at radius 1 is 0.963 bits per heavy atom. The number of hydrogen-bond donors (Lipinski definition) is 3. The fourth-order valence-electron chi connectivity index (χ4n) is 2.80. The SMILES string of the molecule is Cc1c(NC(=S)NC(=O)c2cccc3c(Cl)cccc23)cccc1C(=O)O. The second-order valence-electron chi connectivity index (χ2n) is 5.83. The standard InChI is InChI=1S/C20H15ClN2O3S/c1-11-12(19(25)26)5-4-10-17(11)22-20(27)23-18(24)15-8-2-7-14-13(15)6-3-9-16(14)21/h2-10H,1H3,(H,25,26)(H2,22,23,24,27). The smallest absolute Gasteiger partial charge is 0.336 e. The molecule has 1 amide bonds. The molecule has 0 heterocycles. The molecule has 0 radical (unpaired) electrons. The third-order valence-corrected chi connectivity index (χ3v) is 4.69. The van der Waals surface area contributed by atoms with Gasteiger partial charge in [-0.3, -0.25) is 10.1 Å². The van der Waals surface area contributed by atoms with Crippen molar-refractivity contribution >= 4 is 57.3 Å². The summed E-state index contributed by atoms with van der Waals surface area (Å²) in [5.74, 6) is -1.41. The van der Waals surface area contributed by atoms with Crippen molar-refractivity contribution in [3.8, 4) is 0 Å². The van der Waals surface area contributed by atoms with Crippen LogP contribution in [0.2, 0.25) is 5.02 Å². The first-order chi connectivity index (χ1) is 12.9. The van der Waals surface area contributed by atoms with Gasteiger partial charge < -0.3 is 10.4 Å². The van der Waals surface area contributed by atoms with E-state index in [2.05, 4.69) is 10.6 Å². The van der Waals surface area contributed by atoms with E-state index in [-0.39, 0.29) is 16.6 Å². The van der Waals surface area contributed by atoms with Crippen LogP contribution in [0.1, 0.15) is 26.3 Å². The average Bonchev–Trinajstić information content (AvgIpc) is 2.63. The molecular weight excluding hydrogens is 384 g/mol. The molecule has 3 N–H and O–H groups in total. The van der Waals surface area contributed by atoms with Crippen LogP contribution in [-0.4, -0.2) is 22.1 Å². The molecule has 3 rings (SSSR count). The van der Waals surface area contributed by atoms with E-state index in [0.717, 1.165) is 5.39 Å².